The van der Waals surface area contributed by atoms with E-state index in [1.54, 1.807) is 16.9 Å². The second kappa shape index (κ2) is 7.79. The molecule has 0 bridgehead atoms. The van der Waals surface area contributed by atoms with E-state index in [0.29, 0.717) is 17.2 Å². The first-order chi connectivity index (χ1) is 14.0. The number of aromatic nitrogens is 3. The molecule has 0 radical (unpaired) electrons. The predicted octanol–water partition coefficient (Wildman–Crippen LogP) is 4.17. The maximum atomic E-state index is 12.5. The molecule has 0 fully saturated rings. The van der Waals surface area contributed by atoms with Crippen LogP contribution in [0.3, 0.4) is 0 Å². The zero-order valence-corrected chi connectivity index (χ0v) is 16.5. The van der Waals surface area contributed by atoms with Crippen molar-refractivity contribution in [2.45, 2.75) is 33.5 Å². The minimum atomic E-state index is -0.383. The Balaban J connectivity index is 1.38. The first-order valence-corrected chi connectivity index (χ1v) is 9.39. The standard InChI is InChI=1S/C22H22N4O3/c1-14-8-9-19(15(2)12-14)28-13-26-11-10-18(25-26)21(27)23-16(3)22-24-17-6-4-5-7-20(17)29-22/h4-12,16H,13H2,1-3H3,(H,23,27). The predicted molar refractivity (Wildman–Crippen MR) is 109 cm³/mol. The molecule has 1 unspecified atom stereocenters. The molecule has 0 saturated heterocycles. The Labute approximate surface area is 168 Å². The lowest BCUT2D eigenvalue weighted by molar-refractivity contribution is 0.0927. The normalized spacial score (nSPS) is 12.1. The van der Waals surface area contributed by atoms with Gasteiger partial charge in [-0.15, -0.1) is 0 Å². The van der Waals surface area contributed by atoms with Gasteiger partial charge in [-0.25, -0.2) is 9.67 Å². The van der Waals surface area contributed by atoms with E-state index in [1.165, 1.54) is 5.56 Å². The van der Waals surface area contributed by atoms with Gasteiger partial charge in [0.2, 0.25) is 5.89 Å². The minimum absolute atomic E-state index is 0.220. The van der Waals surface area contributed by atoms with Crippen molar-refractivity contribution < 1.29 is 13.9 Å². The molecule has 7 nitrogen and oxygen atoms in total. The molecule has 1 amide bonds. The van der Waals surface area contributed by atoms with Gasteiger partial charge in [0.05, 0.1) is 0 Å². The van der Waals surface area contributed by atoms with Crippen molar-refractivity contribution in [3.63, 3.8) is 0 Å². The fraction of sp³-hybridized carbons (Fsp3) is 0.227. The van der Waals surface area contributed by atoms with Crippen molar-refractivity contribution in [1.82, 2.24) is 20.1 Å². The number of nitrogens with zero attached hydrogens (tertiary/aromatic N) is 3. The molecule has 1 atom stereocenters. The van der Waals surface area contributed by atoms with Crippen LogP contribution in [0.1, 0.15) is 40.5 Å². The largest absolute Gasteiger partial charge is 0.471 e. The summed E-state index contributed by atoms with van der Waals surface area (Å²) in [6.45, 7) is 6.08. The third-order valence-corrected chi connectivity index (χ3v) is 4.58. The maximum Gasteiger partial charge on any atom is 0.272 e. The van der Waals surface area contributed by atoms with Crippen LogP contribution in [0.25, 0.3) is 11.1 Å². The first-order valence-electron chi connectivity index (χ1n) is 9.39. The lowest BCUT2D eigenvalue weighted by Crippen LogP contribution is -2.27. The molecule has 7 heteroatoms. The number of nitrogens with one attached hydrogen (secondary N) is 1. The SMILES string of the molecule is Cc1ccc(OCn2ccc(C(=O)NC(C)c3nc4ccccc4o3)n2)c(C)c1. The summed E-state index contributed by atoms with van der Waals surface area (Å²) in [6, 6.07) is 14.8. The summed E-state index contributed by atoms with van der Waals surface area (Å²) in [7, 11) is 0. The number of ether oxygens (including phenoxy) is 1. The molecule has 4 rings (SSSR count). The number of amides is 1. The molecule has 2 heterocycles. The number of carbonyl (C=O) groups is 1. The topological polar surface area (TPSA) is 82.2 Å². The van der Waals surface area contributed by atoms with E-state index in [0.717, 1.165) is 16.8 Å². The lowest BCUT2D eigenvalue weighted by Gasteiger charge is -2.10. The van der Waals surface area contributed by atoms with Crippen LogP contribution in [0.2, 0.25) is 0 Å². The van der Waals surface area contributed by atoms with E-state index < -0.39 is 0 Å². The van der Waals surface area contributed by atoms with E-state index in [2.05, 4.69) is 21.5 Å². The molecule has 4 aromatic rings. The zero-order valence-electron chi connectivity index (χ0n) is 16.5. The summed E-state index contributed by atoms with van der Waals surface area (Å²) in [5.74, 6) is 0.948. The number of benzene rings is 2. The van der Waals surface area contributed by atoms with E-state index in [4.69, 9.17) is 9.15 Å². The summed E-state index contributed by atoms with van der Waals surface area (Å²) in [5, 5.41) is 7.15. The summed E-state index contributed by atoms with van der Waals surface area (Å²) >= 11 is 0. The van der Waals surface area contributed by atoms with Gasteiger partial charge in [0, 0.05) is 6.20 Å². The van der Waals surface area contributed by atoms with Crippen molar-refractivity contribution >= 4 is 17.0 Å². The third kappa shape index (κ3) is 4.13. The summed E-state index contributed by atoms with van der Waals surface area (Å²) < 4.78 is 13.1. The highest BCUT2D eigenvalue weighted by Crippen LogP contribution is 2.20. The van der Waals surface area contributed by atoms with Crippen LogP contribution in [0.5, 0.6) is 5.75 Å². The molecule has 0 aliphatic rings. The first kappa shape index (κ1) is 18.7. The number of hydrogen-bond donors (Lipinski definition) is 1. The van der Waals surface area contributed by atoms with Crippen molar-refractivity contribution in [3.8, 4) is 5.75 Å². The third-order valence-electron chi connectivity index (χ3n) is 4.58. The van der Waals surface area contributed by atoms with Crippen LogP contribution >= 0.6 is 0 Å². The van der Waals surface area contributed by atoms with E-state index in [-0.39, 0.29) is 18.7 Å². The highest BCUT2D eigenvalue weighted by Gasteiger charge is 2.18. The molecular formula is C22H22N4O3. The van der Waals surface area contributed by atoms with Gasteiger partial charge in [0.25, 0.3) is 5.91 Å². The molecule has 0 aliphatic carbocycles. The highest BCUT2D eigenvalue weighted by molar-refractivity contribution is 5.92. The number of carbonyl (C=O) groups excluding carboxylic acids is 1. The van der Waals surface area contributed by atoms with Gasteiger partial charge < -0.3 is 14.5 Å². The molecule has 2 aromatic carbocycles. The van der Waals surface area contributed by atoms with Gasteiger partial charge in [-0.3, -0.25) is 4.79 Å². The summed E-state index contributed by atoms with van der Waals surface area (Å²) in [5.41, 5.74) is 3.99. The Morgan fingerprint density at radius 2 is 2.03 bits per heavy atom. The van der Waals surface area contributed by atoms with E-state index in [1.807, 2.05) is 57.2 Å². The molecule has 148 valence electrons. The van der Waals surface area contributed by atoms with Crippen molar-refractivity contribution in [2.24, 2.45) is 0 Å². The smallest absolute Gasteiger partial charge is 0.272 e. The number of hydrogen-bond acceptors (Lipinski definition) is 5. The number of aryl methyl sites for hydroxylation is 2. The maximum absolute atomic E-state index is 12.5. The zero-order chi connectivity index (χ0) is 20.4. The van der Waals surface area contributed by atoms with Gasteiger partial charge in [-0.2, -0.15) is 5.10 Å². The Bertz CT molecular complexity index is 1130. The van der Waals surface area contributed by atoms with Gasteiger partial charge >= 0.3 is 0 Å². The van der Waals surface area contributed by atoms with Crippen molar-refractivity contribution in [2.75, 3.05) is 0 Å². The fourth-order valence-electron chi connectivity index (χ4n) is 3.06. The van der Waals surface area contributed by atoms with Gasteiger partial charge in [0.1, 0.15) is 23.0 Å². The van der Waals surface area contributed by atoms with Crippen LogP contribution < -0.4 is 10.1 Å². The number of rotatable bonds is 6. The van der Waals surface area contributed by atoms with E-state index >= 15 is 0 Å². The molecule has 2 aromatic heterocycles. The van der Waals surface area contributed by atoms with Crippen LogP contribution in [-0.2, 0) is 6.73 Å². The van der Waals surface area contributed by atoms with Crippen molar-refractivity contribution in [3.05, 3.63) is 77.4 Å². The Kier molecular flexibility index (Phi) is 5.03. The fourth-order valence-corrected chi connectivity index (χ4v) is 3.06. The van der Waals surface area contributed by atoms with Gasteiger partial charge in [-0.1, -0.05) is 29.8 Å². The Morgan fingerprint density at radius 1 is 1.21 bits per heavy atom. The molecule has 0 saturated carbocycles. The number of fused-ring (bicyclic) bond motifs is 1. The Morgan fingerprint density at radius 3 is 2.83 bits per heavy atom. The quantitative estimate of drug-likeness (QED) is 0.534. The average molecular weight is 390 g/mol. The molecular weight excluding hydrogens is 368 g/mol. The van der Waals surface area contributed by atoms with Crippen LogP contribution in [0.15, 0.2) is 59.1 Å². The monoisotopic (exact) mass is 390 g/mol. The van der Waals surface area contributed by atoms with Crippen LogP contribution in [0.4, 0.5) is 0 Å². The second-order valence-electron chi connectivity index (χ2n) is 7.00. The summed E-state index contributed by atoms with van der Waals surface area (Å²) in [6.07, 6.45) is 1.71. The highest BCUT2D eigenvalue weighted by atomic mass is 16.5. The average Bonchev–Trinajstić information content (AvgIpc) is 3.34. The molecule has 0 spiro atoms. The molecule has 0 aliphatic heterocycles. The van der Waals surface area contributed by atoms with Gasteiger partial charge in [0.15, 0.2) is 12.3 Å². The molecule has 1 N–H and O–H groups in total. The second-order valence-corrected chi connectivity index (χ2v) is 7.00. The minimum Gasteiger partial charge on any atom is -0.471 e. The number of oxazole rings is 1. The molecule has 29 heavy (non-hydrogen) atoms. The van der Waals surface area contributed by atoms with Crippen molar-refractivity contribution in [1.29, 1.82) is 0 Å². The summed E-state index contributed by atoms with van der Waals surface area (Å²) in [4.78, 5) is 16.9. The van der Waals surface area contributed by atoms with Crippen LogP contribution in [-0.4, -0.2) is 20.7 Å². The van der Waals surface area contributed by atoms with Crippen LogP contribution in [0, 0.1) is 13.8 Å². The van der Waals surface area contributed by atoms with Gasteiger partial charge in [-0.05, 0) is 50.6 Å². The number of para-hydroxylation sites is 2. The Hall–Kier alpha value is -3.61. The lowest BCUT2D eigenvalue weighted by atomic mass is 10.1. The van der Waals surface area contributed by atoms with E-state index in [9.17, 15) is 4.79 Å².